The SMILES string of the molecule is C[C@@H]1C[C@]2([N+](=O)[O-])CCCC[C@@H](C2=O)[C@H]1O. The number of hydrogen-bond acceptors (Lipinski definition) is 4. The Bertz CT molecular complexity index is 330. The molecule has 2 aliphatic carbocycles. The first-order chi connectivity index (χ1) is 7.49. The molecule has 5 nitrogen and oxygen atoms in total. The lowest BCUT2D eigenvalue weighted by Crippen LogP contribution is -2.57. The van der Waals surface area contributed by atoms with E-state index in [0.29, 0.717) is 19.3 Å². The summed E-state index contributed by atoms with van der Waals surface area (Å²) in [6.07, 6.45) is 1.94. The van der Waals surface area contributed by atoms with Gasteiger partial charge in [0.05, 0.1) is 12.0 Å². The van der Waals surface area contributed by atoms with Crippen molar-refractivity contribution in [2.24, 2.45) is 11.8 Å². The first-order valence-corrected chi connectivity index (χ1v) is 5.86. The molecule has 0 amide bonds. The van der Waals surface area contributed by atoms with E-state index in [0.717, 1.165) is 6.42 Å². The van der Waals surface area contributed by atoms with E-state index in [1.165, 1.54) is 0 Å². The van der Waals surface area contributed by atoms with Crippen molar-refractivity contribution >= 4 is 5.78 Å². The number of Topliss-reactive ketones (excluding diaryl/α,β-unsaturated/α-hetero) is 1. The van der Waals surface area contributed by atoms with Gasteiger partial charge in [-0.05, 0) is 18.8 Å². The minimum absolute atomic E-state index is 0.161. The number of nitrogens with zero attached hydrogens (tertiary/aromatic N) is 1. The number of rotatable bonds is 1. The molecule has 2 fully saturated rings. The van der Waals surface area contributed by atoms with Crippen molar-refractivity contribution in [3.8, 4) is 0 Å². The lowest BCUT2D eigenvalue weighted by molar-refractivity contribution is -0.558. The van der Waals surface area contributed by atoms with Gasteiger partial charge in [0.1, 0.15) is 0 Å². The lowest BCUT2D eigenvalue weighted by atomic mass is 9.68. The molecule has 16 heavy (non-hydrogen) atoms. The fourth-order valence-electron chi connectivity index (χ4n) is 3.22. The molecule has 2 rings (SSSR count). The van der Waals surface area contributed by atoms with Crippen LogP contribution in [-0.4, -0.2) is 27.5 Å². The Balaban J connectivity index is 2.42. The van der Waals surface area contributed by atoms with Gasteiger partial charge in [-0.1, -0.05) is 13.3 Å². The van der Waals surface area contributed by atoms with Crippen LogP contribution in [0, 0.1) is 22.0 Å². The van der Waals surface area contributed by atoms with E-state index in [2.05, 4.69) is 0 Å². The summed E-state index contributed by atoms with van der Waals surface area (Å²) >= 11 is 0. The molecule has 4 atom stereocenters. The van der Waals surface area contributed by atoms with Crippen molar-refractivity contribution in [3.05, 3.63) is 10.1 Å². The van der Waals surface area contributed by atoms with Crippen LogP contribution in [0.5, 0.6) is 0 Å². The number of carbonyl (C=O) groups excluding carboxylic acids is 1. The molecule has 0 unspecified atom stereocenters. The van der Waals surface area contributed by atoms with Gasteiger partial charge in [0.15, 0.2) is 0 Å². The van der Waals surface area contributed by atoms with Crippen molar-refractivity contribution in [3.63, 3.8) is 0 Å². The third-order valence-electron chi connectivity index (χ3n) is 4.16. The smallest absolute Gasteiger partial charge is 0.279 e. The Morgan fingerprint density at radius 2 is 2.19 bits per heavy atom. The van der Waals surface area contributed by atoms with Crippen LogP contribution in [0.4, 0.5) is 0 Å². The average Bonchev–Trinajstić information content (AvgIpc) is 2.34. The number of hydrogen-bond donors (Lipinski definition) is 1. The van der Waals surface area contributed by atoms with E-state index in [1.807, 2.05) is 0 Å². The van der Waals surface area contributed by atoms with Gasteiger partial charge >= 0.3 is 0 Å². The van der Waals surface area contributed by atoms with E-state index in [1.54, 1.807) is 6.92 Å². The van der Waals surface area contributed by atoms with Gasteiger partial charge in [0.2, 0.25) is 5.78 Å². The molecule has 2 aliphatic rings. The topological polar surface area (TPSA) is 80.4 Å². The second kappa shape index (κ2) is 3.80. The first kappa shape index (κ1) is 11.5. The van der Waals surface area contributed by atoms with Gasteiger partial charge in [-0.25, -0.2) is 0 Å². The zero-order chi connectivity index (χ0) is 11.9. The second-order valence-corrected chi connectivity index (χ2v) is 5.18. The molecule has 2 bridgehead atoms. The fraction of sp³-hybridized carbons (Fsp3) is 0.909. The van der Waals surface area contributed by atoms with Crippen LogP contribution in [0.15, 0.2) is 0 Å². The summed E-state index contributed by atoms with van der Waals surface area (Å²) in [6, 6.07) is 0. The maximum Gasteiger partial charge on any atom is 0.279 e. The quantitative estimate of drug-likeness (QED) is 0.538. The standard InChI is InChI=1S/C11H17NO4/c1-7-6-11(12(15)16)5-3-2-4-8(9(7)13)10(11)14/h7-9,13H,2-6H2,1H3/t7-,8-,9+,11-/m1/s1. The summed E-state index contributed by atoms with van der Waals surface area (Å²) in [7, 11) is 0. The summed E-state index contributed by atoms with van der Waals surface area (Å²) in [6.45, 7) is 1.80. The van der Waals surface area contributed by atoms with Gasteiger partial charge in [0.25, 0.3) is 5.54 Å². The first-order valence-electron chi connectivity index (χ1n) is 5.86. The van der Waals surface area contributed by atoms with E-state index >= 15 is 0 Å². The minimum atomic E-state index is -1.40. The van der Waals surface area contributed by atoms with Crippen molar-refractivity contribution < 1.29 is 14.8 Å². The predicted octanol–water partition coefficient (Wildman–Crippen LogP) is 1.16. The maximum absolute atomic E-state index is 12.1. The Morgan fingerprint density at radius 3 is 2.81 bits per heavy atom. The zero-order valence-electron chi connectivity index (χ0n) is 9.39. The Kier molecular flexibility index (Phi) is 2.74. The van der Waals surface area contributed by atoms with Gasteiger partial charge < -0.3 is 5.11 Å². The summed E-state index contributed by atoms with van der Waals surface area (Å²) in [5.41, 5.74) is -1.40. The number of carbonyl (C=O) groups is 1. The van der Waals surface area contributed by atoms with E-state index in [9.17, 15) is 20.0 Å². The van der Waals surface area contributed by atoms with Crippen LogP contribution in [0.1, 0.15) is 39.0 Å². The summed E-state index contributed by atoms with van der Waals surface area (Å²) in [5, 5.41) is 21.1. The molecule has 0 spiro atoms. The van der Waals surface area contributed by atoms with Crippen LogP contribution in [0.25, 0.3) is 0 Å². The Hall–Kier alpha value is -0.970. The van der Waals surface area contributed by atoms with Crippen molar-refractivity contribution in [1.29, 1.82) is 0 Å². The molecule has 0 saturated heterocycles. The van der Waals surface area contributed by atoms with Crippen LogP contribution in [0.3, 0.4) is 0 Å². The number of aliphatic hydroxyl groups excluding tert-OH is 1. The van der Waals surface area contributed by atoms with Crippen LogP contribution < -0.4 is 0 Å². The van der Waals surface area contributed by atoms with Crippen LogP contribution >= 0.6 is 0 Å². The number of ketones is 1. The van der Waals surface area contributed by atoms with E-state index in [-0.39, 0.29) is 18.1 Å². The van der Waals surface area contributed by atoms with Crippen molar-refractivity contribution in [2.75, 3.05) is 0 Å². The molecule has 0 aliphatic heterocycles. The highest BCUT2D eigenvalue weighted by Gasteiger charge is 2.60. The highest BCUT2D eigenvalue weighted by Crippen LogP contribution is 2.43. The molecular weight excluding hydrogens is 210 g/mol. The van der Waals surface area contributed by atoms with Gasteiger partial charge in [-0.15, -0.1) is 0 Å². The summed E-state index contributed by atoms with van der Waals surface area (Å²) in [5.74, 6) is -1.01. The monoisotopic (exact) mass is 227 g/mol. The second-order valence-electron chi connectivity index (χ2n) is 5.18. The predicted molar refractivity (Wildman–Crippen MR) is 56.5 cm³/mol. The van der Waals surface area contributed by atoms with Crippen molar-refractivity contribution in [1.82, 2.24) is 0 Å². The molecule has 0 heterocycles. The Morgan fingerprint density at radius 1 is 1.50 bits per heavy atom. The fourth-order valence-corrected chi connectivity index (χ4v) is 3.22. The summed E-state index contributed by atoms with van der Waals surface area (Å²) in [4.78, 5) is 22.9. The maximum atomic E-state index is 12.1. The van der Waals surface area contributed by atoms with E-state index in [4.69, 9.17) is 0 Å². The number of fused-ring (bicyclic) bond motifs is 2. The molecule has 0 radical (unpaired) electrons. The van der Waals surface area contributed by atoms with Crippen LogP contribution in [-0.2, 0) is 4.79 Å². The van der Waals surface area contributed by atoms with Crippen LogP contribution in [0.2, 0.25) is 0 Å². The largest absolute Gasteiger partial charge is 0.392 e. The molecule has 2 saturated carbocycles. The Labute approximate surface area is 94.0 Å². The molecule has 1 N–H and O–H groups in total. The molecule has 0 aromatic carbocycles. The normalized spacial score (nSPS) is 43.9. The van der Waals surface area contributed by atoms with Gasteiger partial charge in [-0.3, -0.25) is 14.9 Å². The lowest BCUT2D eigenvalue weighted by Gasteiger charge is -2.37. The van der Waals surface area contributed by atoms with Crippen molar-refractivity contribution in [2.45, 2.75) is 50.7 Å². The minimum Gasteiger partial charge on any atom is -0.392 e. The zero-order valence-corrected chi connectivity index (χ0v) is 9.39. The highest BCUT2D eigenvalue weighted by molar-refractivity contribution is 5.90. The van der Waals surface area contributed by atoms with E-state index < -0.39 is 22.5 Å². The van der Waals surface area contributed by atoms with Gasteiger partial charge in [-0.2, -0.15) is 0 Å². The molecule has 90 valence electrons. The molecule has 0 aromatic heterocycles. The third-order valence-corrected chi connectivity index (χ3v) is 4.16. The summed E-state index contributed by atoms with van der Waals surface area (Å²) < 4.78 is 0. The molecular formula is C11H17NO4. The molecule has 0 aromatic rings. The average molecular weight is 227 g/mol. The third kappa shape index (κ3) is 1.45. The number of nitro groups is 1. The van der Waals surface area contributed by atoms with Gasteiger partial charge in [0, 0.05) is 17.8 Å². The number of aliphatic hydroxyl groups is 1. The highest BCUT2D eigenvalue weighted by atomic mass is 16.6. The molecule has 5 heteroatoms.